The van der Waals surface area contributed by atoms with Gasteiger partial charge in [0, 0.05) is 5.69 Å². The topological polar surface area (TPSA) is 29.1 Å². The molecule has 0 saturated heterocycles. The van der Waals surface area contributed by atoms with Gasteiger partial charge in [-0.15, -0.1) is 0 Å². The Morgan fingerprint density at radius 3 is 2.44 bits per heavy atom. The number of nitrogens with one attached hydrogen (secondary N) is 1. The fraction of sp³-hybridized carbons (Fsp3) is 0.500. The smallest absolute Gasteiger partial charge is 0.235 e. The maximum absolute atomic E-state index is 12.2. The van der Waals surface area contributed by atoms with Gasteiger partial charge in [0.15, 0.2) is 0 Å². The summed E-state index contributed by atoms with van der Waals surface area (Å²) in [6.45, 7) is 0. The number of benzene rings is 1. The molecule has 1 aromatic rings. The zero-order valence-corrected chi connectivity index (χ0v) is 9.46. The Bertz CT molecular complexity index is 416. The summed E-state index contributed by atoms with van der Waals surface area (Å²) in [7, 11) is 0. The van der Waals surface area contributed by atoms with Crippen LogP contribution in [0.3, 0.4) is 0 Å². The van der Waals surface area contributed by atoms with Crippen molar-refractivity contribution in [1.82, 2.24) is 0 Å². The van der Waals surface area contributed by atoms with Crippen molar-refractivity contribution in [1.29, 1.82) is 0 Å². The Hall–Kier alpha value is -1.31. The number of carbonyl (C=O) groups is 1. The standard InChI is InChI=1S/C14H17NO/c16-13-14(9-5-1-2-6-10-14)11-7-3-4-8-12(11)15-13/h3-4,7-8H,1-2,5-6,9-10H2,(H,15,16). The third-order valence-electron chi connectivity index (χ3n) is 4.08. The van der Waals surface area contributed by atoms with Gasteiger partial charge in [-0.2, -0.15) is 0 Å². The van der Waals surface area contributed by atoms with Gasteiger partial charge in [-0.05, 0) is 24.5 Å². The molecule has 0 radical (unpaired) electrons. The molecule has 1 aromatic carbocycles. The highest BCUT2D eigenvalue weighted by atomic mass is 16.2. The molecule has 0 atom stereocenters. The minimum atomic E-state index is -0.201. The molecule has 1 amide bonds. The molecule has 1 fully saturated rings. The van der Waals surface area contributed by atoms with Crippen LogP contribution in [0.4, 0.5) is 5.69 Å². The summed E-state index contributed by atoms with van der Waals surface area (Å²) in [5.41, 5.74) is 2.07. The van der Waals surface area contributed by atoms with Gasteiger partial charge >= 0.3 is 0 Å². The molecule has 1 N–H and O–H groups in total. The fourth-order valence-electron chi connectivity index (χ4n) is 3.20. The highest BCUT2D eigenvalue weighted by molar-refractivity contribution is 6.06. The lowest BCUT2D eigenvalue weighted by atomic mass is 9.75. The summed E-state index contributed by atoms with van der Waals surface area (Å²) in [5, 5.41) is 3.05. The number of anilines is 1. The molecule has 1 spiro atoms. The Morgan fingerprint density at radius 2 is 1.69 bits per heavy atom. The lowest BCUT2D eigenvalue weighted by Gasteiger charge is -2.25. The van der Waals surface area contributed by atoms with Gasteiger partial charge in [0.1, 0.15) is 0 Å². The van der Waals surface area contributed by atoms with E-state index in [0.29, 0.717) is 0 Å². The van der Waals surface area contributed by atoms with E-state index in [1.54, 1.807) is 0 Å². The van der Waals surface area contributed by atoms with Crippen molar-refractivity contribution < 1.29 is 4.79 Å². The van der Waals surface area contributed by atoms with Crippen LogP contribution in [0.5, 0.6) is 0 Å². The van der Waals surface area contributed by atoms with E-state index in [1.165, 1.54) is 31.2 Å². The quantitative estimate of drug-likeness (QED) is 0.707. The summed E-state index contributed by atoms with van der Waals surface area (Å²) in [5.74, 6) is 0.232. The van der Waals surface area contributed by atoms with Crippen LogP contribution in [0, 0.1) is 0 Å². The number of rotatable bonds is 0. The van der Waals surface area contributed by atoms with Gasteiger partial charge in [0.05, 0.1) is 5.41 Å². The Morgan fingerprint density at radius 1 is 1.00 bits per heavy atom. The summed E-state index contributed by atoms with van der Waals surface area (Å²) in [6.07, 6.45) is 6.96. The molecule has 3 rings (SSSR count). The predicted molar refractivity (Wildman–Crippen MR) is 64.5 cm³/mol. The van der Waals surface area contributed by atoms with Crippen LogP contribution in [-0.2, 0) is 10.2 Å². The average molecular weight is 215 g/mol. The Kier molecular flexibility index (Phi) is 2.23. The molecule has 1 saturated carbocycles. The van der Waals surface area contributed by atoms with Crippen LogP contribution in [0.1, 0.15) is 44.1 Å². The highest BCUT2D eigenvalue weighted by Gasteiger charge is 2.45. The maximum Gasteiger partial charge on any atom is 0.235 e. The second-order valence-corrected chi connectivity index (χ2v) is 5.00. The normalized spacial score (nSPS) is 22.6. The molecule has 1 aliphatic heterocycles. The lowest BCUT2D eigenvalue weighted by Crippen LogP contribution is -2.33. The molecule has 0 bridgehead atoms. The largest absolute Gasteiger partial charge is 0.325 e. The van der Waals surface area contributed by atoms with E-state index >= 15 is 0 Å². The van der Waals surface area contributed by atoms with Gasteiger partial charge in [-0.1, -0.05) is 43.9 Å². The van der Waals surface area contributed by atoms with Crippen molar-refractivity contribution in [2.24, 2.45) is 0 Å². The second kappa shape index (κ2) is 3.62. The zero-order valence-electron chi connectivity index (χ0n) is 9.46. The first-order valence-corrected chi connectivity index (χ1v) is 6.24. The Balaban J connectivity index is 2.08. The summed E-state index contributed by atoms with van der Waals surface area (Å²) >= 11 is 0. The van der Waals surface area contributed by atoms with E-state index in [2.05, 4.69) is 11.4 Å². The lowest BCUT2D eigenvalue weighted by molar-refractivity contribution is -0.121. The summed E-state index contributed by atoms with van der Waals surface area (Å²) < 4.78 is 0. The van der Waals surface area contributed by atoms with Crippen LogP contribution in [0.25, 0.3) is 0 Å². The van der Waals surface area contributed by atoms with E-state index in [-0.39, 0.29) is 11.3 Å². The fourth-order valence-corrected chi connectivity index (χ4v) is 3.20. The zero-order chi connectivity index (χ0) is 11.0. The van der Waals surface area contributed by atoms with E-state index < -0.39 is 0 Å². The third-order valence-corrected chi connectivity index (χ3v) is 4.08. The number of fused-ring (bicyclic) bond motifs is 2. The molecule has 1 aliphatic carbocycles. The first-order chi connectivity index (χ1) is 7.83. The first kappa shape index (κ1) is 9.88. The van der Waals surface area contributed by atoms with Crippen molar-refractivity contribution in [3.63, 3.8) is 0 Å². The number of amides is 1. The van der Waals surface area contributed by atoms with Gasteiger partial charge in [-0.3, -0.25) is 4.79 Å². The third kappa shape index (κ3) is 1.29. The SMILES string of the molecule is O=C1Nc2ccccc2C12CCCCCC2. The van der Waals surface area contributed by atoms with Crippen LogP contribution in [-0.4, -0.2) is 5.91 Å². The van der Waals surface area contributed by atoms with Crippen molar-refractivity contribution >= 4 is 11.6 Å². The van der Waals surface area contributed by atoms with Crippen LogP contribution >= 0.6 is 0 Å². The molecule has 1 heterocycles. The van der Waals surface area contributed by atoms with Crippen molar-refractivity contribution in [2.45, 2.75) is 43.9 Å². The molecular formula is C14H17NO. The van der Waals surface area contributed by atoms with Gasteiger partial charge in [0.25, 0.3) is 0 Å². The number of hydrogen-bond acceptors (Lipinski definition) is 1. The molecule has 2 nitrogen and oxygen atoms in total. The number of carbonyl (C=O) groups excluding carboxylic acids is 1. The minimum Gasteiger partial charge on any atom is -0.325 e. The van der Waals surface area contributed by atoms with Gasteiger partial charge in [-0.25, -0.2) is 0 Å². The van der Waals surface area contributed by atoms with E-state index in [0.717, 1.165) is 18.5 Å². The number of para-hydroxylation sites is 1. The van der Waals surface area contributed by atoms with Crippen molar-refractivity contribution in [3.8, 4) is 0 Å². The average Bonchev–Trinajstić information content (AvgIpc) is 2.49. The van der Waals surface area contributed by atoms with Gasteiger partial charge in [0.2, 0.25) is 5.91 Å². The molecule has 0 aromatic heterocycles. The monoisotopic (exact) mass is 215 g/mol. The van der Waals surface area contributed by atoms with Crippen LogP contribution in [0.2, 0.25) is 0 Å². The molecule has 84 valence electrons. The van der Waals surface area contributed by atoms with Crippen LogP contribution < -0.4 is 5.32 Å². The molecule has 0 unspecified atom stereocenters. The van der Waals surface area contributed by atoms with Crippen LogP contribution in [0.15, 0.2) is 24.3 Å². The Labute approximate surface area is 96.1 Å². The van der Waals surface area contributed by atoms with Gasteiger partial charge < -0.3 is 5.32 Å². The summed E-state index contributed by atoms with van der Waals surface area (Å²) in [4.78, 5) is 12.2. The minimum absolute atomic E-state index is 0.201. The molecule has 2 heteroatoms. The highest BCUT2D eigenvalue weighted by Crippen LogP contribution is 2.46. The summed E-state index contributed by atoms with van der Waals surface area (Å²) in [6, 6.07) is 8.19. The van der Waals surface area contributed by atoms with E-state index in [1.807, 2.05) is 18.2 Å². The van der Waals surface area contributed by atoms with E-state index in [9.17, 15) is 4.79 Å². The van der Waals surface area contributed by atoms with E-state index in [4.69, 9.17) is 0 Å². The predicted octanol–water partition coefficient (Wildman–Crippen LogP) is 3.23. The molecule has 16 heavy (non-hydrogen) atoms. The number of hydrogen-bond donors (Lipinski definition) is 1. The van der Waals surface area contributed by atoms with Crippen molar-refractivity contribution in [3.05, 3.63) is 29.8 Å². The second-order valence-electron chi connectivity index (χ2n) is 5.00. The molecule has 2 aliphatic rings. The molecular weight excluding hydrogens is 198 g/mol. The van der Waals surface area contributed by atoms with Crippen molar-refractivity contribution in [2.75, 3.05) is 5.32 Å². The maximum atomic E-state index is 12.2. The first-order valence-electron chi connectivity index (χ1n) is 6.24.